The van der Waals surface area contributed by atoms with E-state index >= 15 is 0 Å². The number of carbonyl (C=O) groups excluding carboxylic acids is 1. The molecule has 0 aliphatic heterocycles. The first-order chi connectivity index (χ1) is 8.16. The van der Waals surface area contributed by atoms with Crippen molar-refractivity contribution >= 4 is 17.4 Å². The summed E-state index contributed by atoms with van der Waals surface area (Å²) in [4.78, 5) is 11.9. The fourth-order valence-corrected chi connectivity index (χ4v) is 2.70. The van der Waals surface area contributed by atoms with Crippen molar-refractivity contribution in [3.05, 3.63) is 34.6 Å². The molecule has 1 fully saturated rings. The van der Waals surface area contributed by atoms with Gasteiger partial charge >= 0.3 is 0 Å². The molecule has 1 nitrogen and oxygen atoms in total. The highest BCUT2D eigenvalue weighted by atomic mass is 35.5. The van der Waals surface area contributed by atoms with Crippen LogP contribution in [0.25, 0.3) is 0 Å². The van der Waals surface area contributed by atoms with E-state index in [-0.39, 0.29) is 17.2 Å². The van der Waals surface area contributed by atoms with Crippen molar-refractivity contribution in [1.82, 2.24) is 0 Å². The Balaban J connectivity index is 1.95. The minimum atomic E-state index is -0.446. The van der Waals surface area contributed by atoms with Gasteiger partial charge in [0.25, 0.3) is 0 Å². The molecule has 1 aromatic rings. The Bertz CT molecular complexity index is 411. The Labute approximate surface area is 106 Å². The third kappa shape index (κ3) is 3.29. The normalized spacial score (nSPS) is 16.4. The molecule has 0 aromatic heterocycles. The maximum Gasteiger partial charge on any atom is 0.142 e. The zero-order chi connectivity index (χ0) is 12.3. The summed E-state index contributed by atoms with van der Waals surface area (Å²) in [6, 6.07) is 4.63. The van der Waals surface area contributed by atoms with E-state index in [9.17, 15) is 9.18 Å². The van der Waals surface area contributed by atoms with E-state index < -0.39 is 5.82 Å². The van der Waals surface area contributed by atoms with Gasteiger partial charge in [-0.05, 0) is 17.5 Å². The van der Waals surface area contributed by atoms with E-state index in [0.29, 0.717) is 17.9 Å². The number of Topliss-reactive ketones (excluding diaryl/α,β-unsaturated/α-hetero) is 1. The third-order valence-electron chi connectivity index (χ3n) is 3.41. The van der Waals surface area contributed by atoms with Crippen molar-refractivity contribution in [2.75, 3.05) is 0 Å². The minimum Gasteiger partial charge on any atom is -0.299 e. The molecule has 17 heavy (non-hydrogen) atoms. The fraction of sp³-hybridized carbons (Fsp3) is 0.500. The largest absolute Gasteiger partial charge is 0.299 e. The molecule has 2 rings (SSSR count). The molecule has 0 amide bonds. The summed E-state index contributed by atoms with van der Waals surface area (Å²) in [6.45, 7) is 0. The van der Waals surface area contributed by atoms with E-state index in [1.807, 2.05) is 0 Å². The third-order valence-corrected chi connectivity index (χ3v) is 3.83. The van der Waals surface area contributed by atoms with Crippen molar-refractivity contribution < 1.29 is 9.18 Å². The monoisotopic (exact) mass is 254 g/mol. The molecule has 1 aliphatic rings. The number of benzene rings is 1. The predicted molar refractivity (Wildman–Crippen MR) is 66.7 cm³/mol. The molecule has 1 saturated carbocycles. The molecule has 1 aromatic carbocycles. The molecule has 92 valence electrons. The van der Waals surface area contributed by atoms with Gasteiger partial charge in [-0.15, -0.1) is 0 Å². The summed E-state index contributed by atoms with van der Waals surface area (Å²) >= 11 is 5.83. The maximum atomic E-state index is 13.2. The molecule has 0 radical (unpaired) electrons. The predicted octanol–water partition coefficient (Wildman–Crippen LogP) is 4.17. The van der Waals surface area contributed by atoms with Gasteiger partial charge < -0.3 is 0 Å². The molecule has 0 heterocycles. The first kappa shape index (κ1) is 12.6. The number of carbonyl (C=O) groups is 1. The average molecular weight is 255 g/mol. The zero-order valence-corrected chi connectivity index (χ0v) is 10.5. The number of ketones is 1. The van der Waals surface area contributed by atoms with Gasteiger partial charge in [0.2, 0.25) is 0 Å². The molecule has 0 saturated heterocycles. The molecule has 0 atom stereocenters. The van der Waals surface area contributed by atoms with Gasteiger partial charge in [0.1, 0.15) is 11.6 Å². The lowest BCUT2D eigenvalue weighted by molar-refractivity contribution is -0.119. The van der Waals surface area contributed by atoms with Crippen LogP contribution in [-0.2, 0) is 11.2 Å². The average Bonchev–Trinajstić information content (AvgIpc) is 2.77. The van der Waals surface area contributed by atoms with Crippen LogP contribution in [0.2, 0.25) is 5.02 Å². The van der Waals surface area contributed by atoms with Crippen LogP contribution in [0.15, 0.2) is 18.2 Å². The maximum absolute atomic E-state index is 13.2. The van der Waals surface area contributed by atoms with Crippen molar-refractivity contribution in [2.45, 2.75) is 38.5 Å². The molecule has 0 bridgehead atoms. The highest BCUT2D eigenvalue weighted by Gasteiger charge is 2.19. The van der Waals surface area contributed by atoms with E-state index in [1.54, 1.807) is 12.1 Å². The quantitative estimate of drug-likeness (QED) is 0.788. The zero-order valence-electron chi connectivity index (χ0n) is 9.72. The van der Waals surface area contributed by atoms with E-state index in [1.165, 1.54) is 18.9 Å². The van der Waals surface area contributed by atoms with Crippen LogP contribution in [0.4, 0.5) is 4.39 Å². The van der Waals surface area contributed by atoms with Gasteiger partial charge in [-0.1, -0.05) is 49.4 Å². The van der Waals surface area contributed by atoms with E-state index in [4.69, 9.17) is 11.6 Å². The first-order valence-electron chi connectivity index (χ1n) is 6.11. The second kappa shape index (κ2) is 5.63. The number of rotatable bonds is 4. The molecule has 1 aliphatic carbocycles. The first-order valence-corrected chi connectivity index (χ1v) is 6.49. The summed E-state index contributed by atoms with van der Waals surface area (Å²) in [5.74, 6) is 0.261. The summed E-state index contributed by atoms with van der Waals surface area (Å²) in [7, 11) is 0. The Hall–Kier alpha value is -0.890. The molecule has 0 spiro atoms. The van der Waals surface area contributed by atoms with Gasteiger partial charge in [0.05, 0.1) is 5.02 Å². The van der Waals surface area contributed by atoms with Gasteiger partial charge in [0, 0.05) is 12.8 Å². The van der Waals surface area contributed by atoms with E-state index in [0.717, 1.165) is 12.8 Å². The van der Waals surface area contributed by atoms with E-state index in [2.05, 4.69) is 0 Å². The standard InChI is InChI=1S/C14H16ClFO/c15-14-11(6-3-7-13(14)16)9-12(17)8-10-4-1-2-5-10/h3,6-7,10H,1-2,4-5,8-9H2. The van der Waals surface area contributed by atoms with Crippen molar-refractivity contribution in [1.29, 1.82) is 0 Å². The van der Waals surface area contributed by atoms with Crippen molar-refractivity contribution in [3.8, 4) is 0 Å². The molecule has 0 N–H and O–H groups in total. The molecular formula is C14H16ClFO. The Kier molecular flexibility index (Phi) is 4.16. The highest BCUT2D eigenvalue weighted by Crippen LogP contribution is 2.28. The van der Waals surface area contributed by atoms with Crippen LogP contribution in [-0.4, -0.2) is 5.78 Å². The smallest absolute Gasteiger partial charge is 0.142 e. The Morgan fingerprint density at radius 2 is 2.06 bits per heavy atom. The number of hydrogen-bond donors (Lipinski definition) is 0. The number of halogens is 2. The Morgan fingerprint density at radius 1 is 1.35 bits per heavy atom. The SMILES string of the molecule is O=C(Cc1cccc(F)c1Cl)CC1CCCC1. The summed E-state index contributed by atoms with van der Waals surface area (Å²) in [6.07, 6.45) is 5.66. The highest BCUT2D eigenvalue weighted by molar-refractivity contribution is 6.31. The lowest BCUT2D eigenvalue weighted by Gasteiger charge is -2.08. The van der Waals surface area contributed by atoms with Crippen molar-refractivity contribution in [3.63, 3.8) is 0 Å². The molecule has 3 heteroatoms. The lowest BCUT2D eigenvalue weighted by atomic mass is 9.97. The number of hydrogen-bond acceptors (Lipinski definition) is 1. The Morgan fingerprint density at radius 3 is 2.76 bits per heavy atom. The van der Waals surface area contributed by atoms with Crippen LogP contribution in [0.3, 0.4) is 0 Å². The summed E-state index contributed by atoms with van der Waals surface area (Å²) < 4.78 is 13.2. The van der Waals surface area contributed by atoms with Crippen LogP contribution in [0.5, 0.6) is 0 Å². The van der Waals surface area contributed by atoms with Crippen molar-refractivity contribution in [2.24, 2.45) is 5.92 Å². The van der Waals surface area contributed by atoms with Gasteiger partial charge in [0.15, 0.2) is 0 Å². The molecular weight excluding hydrogens is 239 g/mol. The summed E-state index contributed by atoms with van der Waals surface area (Å²) in [5, 5.41) is 0.0901. The topological polar surface area (TPSA) is 17.1 Å². The second-order valence-electron chi connectivity index (χ2n) is 4.78. The van der Waals surface area contributed by atoms with Gasteiger partial charge in [-0.2, -0.15) is 0 Å². The fourth-order valence-electron chi connectivity index (χ4n) is 2.51. The second-order valence-corrected chi connectivity index (χ2v) is 5.16. The van der Waals surface area contributed by atoms with Gasteiger partial charge in [-0.25, -0.2) is 4.39 Å². The minimum absolute atomic E-state index is 0.0901. The van der Waals surface area contributed by atoms with Crippen LogP contribution < -0.4 is 0 Å². The van der Waals surface area contributed by atoms with Crippen LogP contribution in [0.1, 0.15) is 37.7 Å². The van der Waals surface area contributed by atoms with Gasteiger partial charge in [-0.3, -0.25) is 4.79 Å². The van der Waals surface area contributed by atoms with Crippen LogP contribution >= 0.6 is 11.6 Å². The molecule has 0 unspecified atom stereocenters. The summed E-state index contributed by atoms with van der Waals surface area (Å²) in [5.41, 5.74) is 0.606. The van der Waals surface area contributed by atoms with Crippen LogP contribution in [0, 0.1) is 11.7 Å². The lowest BCUT2D eigenvalue weighted by Crippen LogP contribution is -2.08.